The number of nitrogens with zero attached hydrogens (tertiary/aromatic N) is 2. The Bertz CT molecular complexity index is 4030. The van der Waals surface area contributed by atoms with E-state index in [0.29, 0.717) is 5.92 Å². The van der Waals surface area contributed by atoms with Gasteiger partial charge in [0.05, 0.1) is 16.9 Å². The summed E-state index contributed by atoms with van der Waals surface area (Å²) in [7, 11) is 0.787. The monoisotopic (exact) mass is 977 g/mol. The summed E-state index contributed by atoms with van der Waals surface area (Å²) < 4.78 is 1.28. The lowest BCUT2D eigenvalue weighted by Gasteiger charge is -2.38. The van der Waals surface area contributed by atoms with E-state index in [-0.39, 0.29) is 0 Å². The predicted molar refractivity (Wildman–Crippen MR) is 313 cm³/mol. The third kappa shape index (κ3) is 7.12. The van der Waals surface area contributed by atoms with Crippen molar-refractivity contribution in [3.63, 3.8) is 0 Å². The first-order chi connectivity index (χ1) is 35.6. The van der Waals surface area contributed by atoms with Gasteiger partial charge in [0.1, 0.15) is 4.83 Å². The van der Waals surface area contributed by atoms with Gasteiger partial charge >= 0.3 is 0 Å². The highest BCUT2D eigenvalue weighted by molar-refractivity contribution is 8.05. The van der Waals surface area contributed by atoms with E-state index >= 15 is 0 Å². The number of thiophene rings is 1. The molecule has 7 heteroatoms. The van der Waals surface area contributed by atoms with E-state index in [2.05, 4.69) is 241 Å². The molecule has 12 aromatic rings. The van der Waals surface area contributed by atoms with Gasteiger partial charge in [0.2, 0.25) is 0 Å². The molecule has 0 saturated carbocycles. The van der Waals surface area contributed by atoms with Crippen LogP contribution in [0.1, 0.15) is 38.2 Å². The maximum absolute atomic E-state index is 4.13. The molecule has 14 rings (SSSR count). The molecule has 2 aromatic heterocycles. The van der Waals surface area contributed by atoms with Crippen molar-refractivity contribution in [1.82, 2.24) is 4.98 Å². The van der Waals surface area contributed by atoms with Crippen molar-refractivity contribution >= 4 is 129 Å². The van der Waals surface area contributed by atoms with Crippen LogP contribution in [-0.2, 0) is 0 Å². The van der Waals surface area contributed by atoms with Gasteiger partial charge in [-0.15, -0.1) is 11.3 Å². The van der Waals surface area contributed by atoms with Crippen molar-refractivity contribution in [3.8, 4) is 22.3 Å². The minimum Gasteiger partial charge on any atom is -0.346 e. The molecular weight excluding hydrogens is 930 g/mol. The standard InChI is InChI=1S/C65H48BN3S3/c1-3-19-40(2)42-32-34-52(49(36-42)41-20-7-4-8-21-41)69-54-39-59-58(70-56-30-17-18-31-57(56)71-59)38-51(54)66-62-50(37-43-22-13-14-27-46(43)64(62)69)47-33-35-53(68(44-23-9-5-10-24-44)45-25-11-6-12-26-45)61-60-48-28-15-16-29-55(48)72-65(60)67-63(47)61/h4-18,20-40,66-67H,3,19H2,1-2H3/t40-/m0/s1. The van der Waals surface area contributed by atoms with Crippen LogP contribution in [0.2, 0.25) is 0 Å². The molecule has 72 heavy (non-hydrogen) atoms. The average molecular weight is 978 g/mol. The number of rotatable bonds is 9. The molecule has 2 aliphatic heterocycles. The number of hydrogen-bond donors (Lipinski definition) is 1. The summed E-state index contributed by atoms with van der Waals surface area (Å²) in [5, 5.41) is 6.24. The Labute approximate surface area is 433 Å². The zero-order chi connectivity index (χ0) is 47.9. The fourth-order valence-corrected chi connectivity index (χ4v) is 14.9. The van der Waals surface area contributed by atoms with Crippen LogP contribution >= 0.6 is 34.9 Å². The van der Waals surface area contributed by atoms with Crippen LogP contribution in [0, 0.1) is 0 Å². The Balaban J connectivity index is 1.07. The van der Waals surface area contributed by atoms with Gasteiger partial charge in [0.25, 0.3) is 0 Å². The summed E-state index contributed by atoms with van der Waals surface area (Å²) >= 11 is 5.66. The van der Waals surface area contributed by atoms with Gasteiger partial charge in [-0.25, -0.2) is 0 Å². The van der Waals surface area contributed by atoms with Gasteiger partial charge in [-0.1, -0.05) is 189 Å². The predicted octanol–water partition coefficient (Wildman–Crippen LogP) is 18.2. The smallest absolute Gasteiger partial charge is 0.198 e. The SMILES string of the molecule is CCC[C@H](C)c1ccc(N2c3cc4c(cc3Bc3c(-c5ccc(N(c6ccccc6)c6ccccc6)c6c5[nH]c5sc7ccccc7c56)cc5ccccc5c32)Sc2ccccc2S4)c(-c2ccccc2)c1. The largest absolute Gasteiger partial charge is 0.346 e. The Morgan fingerprint density at radius 2 is 1.21 bits per heavy atom. The molecule has 1 N–H and O–H groups in total. The highest BCUT2D eigenvalue weighted by atomic mass is 32.2. The summed E-state index contributed by atoms with van der Waals surface area (Å²) in [6, 6.07) is 79.2. The first kappa shape index (κ1) is 43.4. The molecule has 0 aliphatic carbocycles. The van der Waals surface area contributed by atoms with E-state index in [1.807, 2.05) is 34.9 Å². The number of H-pyrrole nitrogens is 1. The van der Waals surface area contributed by atoms with Crippen LogP contribution in [0.25, 0.3) is 64.2 Å². The number of benzene rings is 10. The van der Waals surface area contributed by atoms with Gasteiger partial charge in [-0.05, 0) is 113 Å². The first-order valence-corrected chi connectivity index (χ1v) is 27.5. The molecule has 1 atom stereocenters. The van der Waals surface area contributed by atoms with Gasteiger partial charge in [-0.2, -0.15) is 0 Å². The number of para-hydroxylation sites is 2. The number of aromatic nitrogens is 1. The zero-order valence-corrected chi connectivity index (χ0v) is 42.5. The number of anilines is 6. The lowest BCUT2D eigenvalue weighted by atomic mass is 9.57. The topological polar surface area (TPSA) is 22.3 Å². The molecule has 344 valence electrons. The second kappa shape index (κ2) is 17.7. The lowest BCUT2D eigenvalue weighted by molar-refractivity contribution is 0.665. The minimum absolute atomic E-state index is 0.443. The molecule has 0 bridgehead atoms. The van der Waals surface area contributed by atoms with Gasteiger partial charge in [-0.3, -0.25) is 0 Å². The van der Waals surface area contributed by atoms with Crippen LogP contribution in [0.5, 0.6) is 0 Å². The molecule has 0 saturated heterocycles. The van der Waals surface area contributed by atoms with Crippen LogP contribution in [0.15, 0.2) is 232 Å². The summed E-state index contributed by atoms with van der Waals surface area (Å²) in [5.41, 5.74) is 17.2. The van der Waals surface area contributed by atoms with E-state index in [1.165, 1.54) is 112 Å². The number of hydrogen-bond acceptors (Lipinski definition) is 5. The van der Waals surface area contributed by atoms with Crippen molar-refractivity contribution in [2.75, 3.05) is 9.80 Å². The summed E-state index contributed by atoms with van der Waals surface area (Å²) in [6.45, 7) is 4.68. The van der Waals surface area contributed by atoms with Crippen molar-refractivity contribution in [2.24, 2.45) is 0 Å². The second-order valence-electron chi connectivity index (χ2n) is 19.2. The van der Waals surface area contributed by atoms with Crippen molar-refractivity contribution in [3.05, 3.63) is 218 Å². The normalized spacial score (nSPS) is 13.2. The highest BCUT2D eigenvalue weighted by Crippen LogP contribution is 2.54. The molecule has 10 aromatic carbocycles. The fraction of sp³-hybridized carbons (Fsp3) is 0.0769. The van der Waals surface area contributed by atoms with Crippen molar-refractivity contribution < 1.29 is 0 Å². The molecule has 0 amide bonds. The van der Waals surface area contributed by atoms with Crippen LogP contribution < -0.4 is 20.7 Å². The van der Waals surface area contributed by atoms with Crippen LogP contribution in [0.4, 0.5) is 34.1 Å². The summed E-state index contributed by atoms with van der Waals surface area (Å²) in [5.74, 6) is 0.443. The zero-order valence-electron chi connectivity index (χ0n) is 40.0. The molecular formula is C65H48BN3S3. The Kier molecular flexibility index (Phi) is 10.7. The quantitative estimate of drug-likeness (QED) is 0.146. The molecule has 2 aliphatic rings. The van der Waals surface area contributed by atoms with E-state index in [4.69, 9.17) is 0 Å². The molecule has 4 heterocycles. The van der Waals surface area contributed by atoms with E-state index < -0.39 is 0 Å². The molecule has 0 radical (unpaired) electrons. The third-order valence-corrected chi connectivity index (χ3v) is 18.5. The number of fused-ring (bicyclic) bond motifs is 11. The number of nitrogens with one attached hydrogen (secondary N) is 1. The summed E-state index contributed by atoms with van der Waals surface area (Å²) in [4.78, 5) is 15.7. The third-order valence-electron chi connectivity index (χ3n) is 14.9. The molecule has 0 spiro atoms. The van der Waals surface area contributed by atoms with Gasteiger partial charge in [0, 0.05) is 79.7 Å². The minimum atomic E-state index is 0.443. The Hall–Kier alpha value is -7.42. The Morgan fingerprint density at radius 1 is 0.556 bits per heavy atom. The number of aromatic amines is 1. The van der Waals surface area contributed by atoms with Gasteiger partial charge < -0.3 is 14.8 Å². The average Bonchev–Trinajstić information content (AvgIpc) is 3.99. The first-order valence-electron chi connectivity index (χ1n) is 25.1. The van der Waals surface area contributed by atoms with Crippen molar-refractivity contribution in [2.45, 2.75) is 52.2 Å². The second-order valence-corrected chi connectivity index (χ2v) is 22.4. The summed E-state index contributed by atoms with van der Waals surface area (Å²) in [6.07, 6.45) is 2.29. The van der Waals surface area contributed by atoms with Crippen LogP contribution in [-0.4, -0.2) is 12.3 Å². The van der Waals surface area contributed by atoms with E-state index in [9.17, 15) is 0 Å². The fourth-order valence-electron chi connectivity index (χ4n) is 11.5. The molecule has 0 fully saturated rings. The van der Waals surface area contributed by atoms with E-state index in [1.54, 1.807) is 0 Å². The van der Waals surface area contributed by atoms with Crippen LogP contribution in [0.3, 0.4) is 0 Å². The maximum Gasteiger partial charge on any atom is 0.198 e. The maximum atomic E-state index is 4.13. The van der Waals surface area contributed by atoms with E-state index in [0.717, 1.165) is 42.7 Å². The lowest BCUT2D eigenvalue weighted by Crippen LogP contribution is -2.41. The molecule has 0 unspecified atom stereocenters. The van der Waals surface area contributed by atoms with Crippen molar-refractivity contribution in [1.29, 1.82) is 0 Å². The van der Waals surface area contributed by atoms with Gasteiger partial charge in [0.15, 0.2) is 7.28 Å². The molecule has 3 nitrogen and oxygen atoms in total. The Morgan fingerprint density at radius 3 is 1.94 bits per heavy atom. The highest BCUT2D eigenvalue weighted by Gasteiger charge is 2.34.